The topological polar surface area (TPSA) is 63.9 Å². The van der Waals surface area contributed by atoms with Crippen LogP contribution in [0.5, 0.6) is 0 Å². The molecule has 0 aliphatic carbocycles. The van der Waals surface area contributed by atoms with Crippen LogP contribution < -0.4 is 0 Å². The van der Waals surface area contributed by atoms with Crippen molar-refractivity contribution in [3.63, 3.8) is 0 Å². The van der Waals surface area contributed by atoms with E-state index in [0.29, 0.717) is 17.9 Å². The summed E-state index contributed by atoms with van der Waals surface area (Å²) in [6, 6.07) is 5.52. The van der Waals surface area contributed by atoms with Crippen molar-refractivity contribution in [1.29, 1.82) is 0 Å². The molecule has 6 nitrogen and oxygen atoms in total. The third-order valence-electron chi connectivity index (χ3n) is 2.80. The van der Waals surface area contributed by atoms with Gasteiger partial charge in [-0.3, -0.25) is 9.59 Å². The van der Waals surface area contributed by atoms with Gasteiger partial charge in [-0.05, 0) is 19.1 Å². The van der Waals surface area contributed by atoms with Gasteiger partial charge < -0.3 is 14.0 Å². The molecule has 0 aromatic carbocycles. The summed E-state index contributed by atoms with van der Waals surface area (Å²) in [6.07, 6.45) is 3.47. The first-order valence-corrected chi connectivity index (χ1v) is 5.95. The van der Waals surface area contributed by atoms with Crippen molar-refractivity contribution < 1.29 is 14.3 Å². The number of pyridine rings is 1. The average molecular weight is 261 g/mol. The Morgan fingerprint density at radius 2 is 2.21 bits per heavy atom. The highest BCUT2D eigenvalue weighted by Crippen LogP contribution is 2.07. The molecule has 2 aromatic heterocycles. The number of nitrogens with zero attached hydrogens (tertiary/aromatic N) is 3. The smallest absolute Gasteiger partial charge is 0.325 e. The van der Waals surface area contributed by atoms with Gasteiger partial charge in [0.25, 0.3) is 5.91 Å². The van der Waals surface area contributed by atoms with Gasteiger partial charge in [0.15, 0.2) is 0 Å². The largest absolute Gasteiger partial charge is 0.468 e. The number of likely N-dealkylation sites (N-methyl/N-ethyl adjacent to an activating group) is 1. The van der Waals surface area contributed by atoms with E-state index in [1.165, 1.54) is 12.0 Å². The van der Waals surface area contributed by atoms with Crippen LogP contribution in [0, 0.1) is 0 Å². The van der Waals surface area contributed by atoms with E-state index >= 15 is 0 Å². The number of hydrogen-bond donors (Lipinski definition) is 0. The van der Waals surface area contributed by atoms with E-state index in [4.69, 9.17) is 0 Å². The summed E-state index contributed by atoms with van der Waals surface area (Å²) < 4.78 is 6.33. The van der Waals surface area contributed by atoms with E-state index < -0.39 is 5.97 Å². The van der Waals surface area contributed by atoms with E-state index in [-0.39, 0.29) is 12.5 Å². The summed E-state index contributed by atoms with van der Waals surface area (Å²) in [5, 5.41) is 0. The molecule has 0 aliphatic rings. The Bertz CT molecular complexity index is 573. The second-order valence-corrected chi connectivity index (χ2v) is 3.99. The number of amides is 1. The number of rotatable bonds is 4. The van der Waals surface area contributed by atoms with E-state index in [1.54, 1.807) is 17.5 Å². The van der Waals surface area contributed by atoms with E-state index in [2.05, 4.69) is 9.72 Å². The second kappa shape index (κ2) is 5.51. The minimum absolute atomic E-state index is 0.0697. The second-order valence-electron chi connectivity index (χ2n) is 3.99. The van der Waals surface area contributed by atoms with Gasteiger partial charge in [0.05, 0.1) is 7.11 Å². The molecule has 0 bridgehead atoms. The summed E-state index contributed by atoms with van der Waals surface area (Å²) in [6.45, 7) is 2.15. The Balaban J connectivity index is 2.23. The van der Waals surface area contributed by atoms with Crippen LogP contribution in [-0.2, 0) is 9.53 Å². The first-order chi connectivity index (χ1) is 9.15. The van der Waals surface area contributed by atoms with Crippen molar-refractivity contribution in [3.8, 4) is 0 Å². The third kappa shape index (κ3) is 2.73. The van der Waals surface area contributed by atoms with Crippen LogP contribution in [0.1, 0.15) is 17.4 Å². The van der Waals surface area contributed by atoms with Gasteiger partial charge in [-0.25, -0.2) is 4.98 Å². The first-order valence-electron chi connectivity index (χ1n) is 5.95. The molecule has 0 aliphatic heterocycles. The fraction of sp³-hybridized carbons (Fsp3) is 0.308. The highest BCUT2D eigenvalue weighted by Gasteiger charge is 2.20. The van der Waals surface area contributed by atoms with Gasteiger partial charge in [0.1, 0.15) is 17.9 Å². The standard InChI is InChI=1S/C13H15N3O3/c1-3-15(9-12(17)19-2)13(18)10-8-16-7-5-4-6-11(16)14-10/h4-8H,3,9H2,1-2H3. The maximum Gasteiger partial charge on any atom is 0.325 e. The van der Waals surface area contributed by atoms with Crippen molar-refractivity contribution >= 4 is 17.5 Å². The molecule has 6 heteroatoms. The molecule has 0 unspecified atom stereocenters. The van der Waals surface area contributed by atoms with Crippen molar-refractivity contribution in [3.05, 3.63) is 36.3 Å². The quantitative estimate of drug-likeness (QED) is 0.769. The van der Waals surface area contributed by atoms with Gasteiger partial charge in [-0.1, -0.05) is 6.07 Å². The summed E-state index contributed by atoms with van der Waals surface area (Å²) in [5.41, 5.74) is 1.01. The summed E-state index contributed by atoms with van der Waals surface area (Å²) in [5.74, 6) is -0.726. The lowest BCUT2D eigenvalue weighted by atomic mass is 10.3. The number of hydrogen-bond acceptors (Lipinski definition) is 4. The number of imidazole rings is 1. The number of ether oxygens (including phenoxy) is 1. The van der Waals surface area contributed by atoms with Crippen molar-refractivity contribution in [2.75, 3.05) is 20.2 Å². The summed E-state index contributed by atoms with van der Waals surface area (Å²) >= 11 is 0. The lowest BCUT2D eigenvalue weighted by molar-refractivity contribution is -0.141. The summed E-state index contributed by atoms with van der Waals surface area (Å²) in [4.78, 5) is 29.1. The molecule has 0 atom stereocenters. The molecule has 19 heavy (non-hydrogen) atoms. The Morgan fingerprint density at radius 1 is 1.42 bits per heavy atom. The van der Waals surface area contributed by atoms with Crippen LogP contribution in [-0.4, -0.2) is 46.4 Å². The van der Waals surface area contributed by atoms with Crippen molar-refractivity contribution in [2.45, 2.75) is 6.92 Å². The fourth-order valence-corrected chi connectivity index (χ4v) is 1.75. The van der Waals surface area contributed by atoms with E-state index in [9.17, 15) is 9.59 Å². The minimum Gasteiger partial charge on any atom is -0.468 e. The predicted molar refractivity (Wildman–Crippen MR) is 68.8 cm³/mol. The molecule has 0 saturated heterocycles. The van der Waals surface area contributed by atoms with Crippen LogP contribution in [0.3, 0.4) is 0 Å². The van der Waals surface area contributed by atoms with Crippen molar-refractivity contribution in [1.82, 2.24) is 14.3 Å². The molecule has 100 valence electrons. The zero-order chi connectivity index (χ0) is 13.8. The maximum absolute atomic E-state index is 12.2. The van der Waals surface area contributed by atoms with Crippen LogP contribution in [0.25, 0.3) is 5.65 Å². The molecule has 2 rings (SSSR count). The first kappa shape index (κ1) is 13.1. The third-order valence-corrected chi connectivity index (χ3v) is 2.80. The lowest BCUT2D eigenvalue weighted by Crippen LogP contribution is -2.36. The van der Waals surface area contributed by atoms with Crippen LogP contribution in [0.4, 0.5) is 0 Å². The SMILES string of the molecule is CCN(CC(=O)OC)C(=O)c1cn2ccccc2n1. The Morgan fingerprint density at radius 3 is 2.84 bits per heavy atom. The van der Waals surface area contributed by atoms with Crippen LogP contribution >= 0.6 is 0 Å². The Labute approximate surface area is 110 Å². The molecule has 0 N–H and O–H groups in total. The normalized spacial score (nSPS) is 10.4. The van der Waals surface area contributed by atoms with Gasteiger partial charge in [-0.15, -0.1) is 0 Å². The van der Waals surface area contributed by atoms with Crippen LogP contribution in [0.2, 0.25) is 0 Å². The van der Waals surface area contributed by atoms with Gasteiger partial charge in [-0.2, -0.15) is 0 Å². The molecule has 1 amide bonds. The Hall–Kier alpha value is -2.37. The number of aromatic nitrogens is 2. The molecular weight excluding hydrogens is 246 g/mol. The molecular formula is C13H15N3O3. The number of fused-ring (bicyclic) bond motifs is 1. The monoisotopic (exact) mass is 261 g/mol. The number of carbonyl (C=O) groups is 2. The zero-order valence-corrected chi connectivity index (χ0v) is 10.9. The molecule has 0 spiro atoms. The number of methoxy groups -OCH3 is 1. The van der Waals surface area contributed by atoms with Gasteiger partial charge in [0, 0.05) is 18.9 Å². The predicted octanol–water partition coefficient (Wildman–Crippen LogP) is 0.969. The zero-order valence-electron chi connectivity index (χ0n) is 10.9. The van der Waals surface area contributed by atoms with E-state index in [1.807, 2.05) is 24.4 Å². The van der Waals surface area contributed by atoms with Gasteiger partial charge in [0.2, 0.25) is 0 Å². The number of carbonyl (C=O) groups excluding carboxylic acids is 2. The minimum atomic E-state index is -0.445. The van der Waals surface area contributed by atoms with Crippen LogP contribution in [0.15, 0.2) is 30.6 Å². The molecule has 2 heterocycles. The van der Waals surface area contributed by atoms with Crippen molar-refractivity contribution in [2.24, 2.45) is 0 Å². The Kier molecular flexibility index (Phi) is 3.79. The fourth-order valence-electron chi connectivity index (χ4n) is 1.75. The van der Waals surface area contributed by atoms with Gasteiger partial charge >= 0.3 is 5.97 Å². The van der Waals surface area contributed by atoms with E-state index in [0.717, 1.165) is 0 Å². The molecule has 0 fully saturated rings. The molecule has 0 radical (unpaired) electrons. The molecule has 2 aromatic rings. The average Bonchev–Trinajstić information content (AvgIpc) is 2.87. The lowest BCUT2D eigenvalue weighted by Gasteiger charge is -2.17. The maximum atomic E-state index is 12.2. The molecule has 0 saturated carbocycles. The highest BCUT2D eigenvalue weighted by atomic mass is 16.5. The number of esters is 1. The summed E-state index contributed by atoms with van der Waals surface area (Å²) in [7, 11) is 1.30. The highest BCUT2D eigenvalue weighted by molar-refractivity contribution is 5.94.